The number of benzene rings is 11. The minimum absolute atomic E-state index is 0.0348. The monoisotopic (exact) mass is 1370 g/mol. The summed E-state index contributed by atoms with van der Waals surface area (Å²) in [5, 5.41) is 15.8. The molecule has 0 fully saturated rings. The van der Waals surface area contributed by atoms with Crippen LogP contribution in [0.4, 0.5) is 11.4 Å². The van der Waals surface area contributed by atoms with Gasteiger partial charge in [-0.3, -0.25) is 33.8 Å². The van der Waals surface area contributed by atoms with Crippen molar-refractivity contribution in [3.63, 3.8) is 0 Å². The van der Waals surface area contributed by atoms with Crippen LogP contribution in [-0.2, 0) is 31.2 Å². The van der Waals surface area contributed by atoms with Crippen molar-refractivity contribution in [2.75, 3.05) is 47.7 Å². The molecule has 1 unspecified atom stereocenters. The maximum absolute atomic E-state index is 16.1. The number of ether oxygens (including phenoxy) is 4. The fraction of sp³-hybridized carbons (Fsp3) is 0.274. The number of amides is 5. The average Bonchev–Trinajstić information content (AvgIpc) is 0.673. The van der Waals surface area contributed by atoms with Crippen LogP contribution >= 0.6 is 23.2 Å². The number of fused-ring (bicyclic) bond motifs is 2. The van der Waals surface area contributed by atoms with Gasteiger partial charge in [0.25, 0.3) is 17.7 Å². The van der Waals surface area contributed by atoms with Gasteiger partial charge in [-0.1, -0.05) is 168 Å². The topological polar surface area (TPSA) is 155 Å². The van der Waals surface area contributed by atoms with E-state index < -0.39 is 48.9 Å². The molecule has 16 heteroatoms. The summed E-state index contributed by atoms with van der Waals surface area (Å²) in [5.41, 5.74) is 4.61. The summed E-state index contributed by atoms with van der Waals surface area (Å²) in [6.45, 7) is 24.3. The van der Waals surface area contributed by atoms with Crippen molar-refractivity contribution in [3.05, 3.63) is 226 Å². The number of nitrogens with zero attached hydrogens (tertiary/aromatic N) is 4. The van der Waals surface area contributed by atoms with Crippen LogP contribution in [-0.4, -0.2) is 82.4 Å². The van der Waals surface area contributed by atoms with Crippen LogP contribution in [0.25, 0.3) is 43.1 Å². The molecule has 100 heavy (non-hydrogen) atoms. The molecule has 2 aliphatic rings. The number of aliphatic hydroxyl groups is 1. The average molecular weight is 1380 g/mol. The highest BCUT2D eigenvalue weighted by atomic mass is 35.5. The molecule has 0 saturated carbocycles. The minimum atomic E-state index is -1.76. The third-order valence-corrected chi connectivity index (χ3v) is 19.3. The summed E-state index contributed by atoms with van der Waals surface area (Å²) >= 11 is 12.8. The summed E-state index contributed by atoms with van der Waals surface area (Å²) in [6.07, 6.45) is -1.76. The normalized spacial score (nSPS) is 14.2. The number of alkyl halides is 2. The number of anilines is 2. The molecule has 13 rings (SSSR count). The maximum atomic E-state index is 16.1. The van der Waals surface area contributed by atoms with Crippen LogP contribution in [0.5, 0.6) is 46.0 Å². The van der Waals surface area contributed by atoms with E-state index in [-0.39, 0.29) is 97.1 Å². The second-order valence-corrected chi connectivity index (χ2v) is 30.6. The van der Waals surface area contributed by atoms with Crippen LogP contribution < -0.4 is 28.7 Å². The van der Waals surface area contributed by atoms with Crippen molar-refractivity contribution in [2.24, 2.45) is 0 Å². The lowest BCUT2D eigenvalue weighted by molar-refractivity contribution is -0.121. The number of aliphatic hydroxyl groups excluding tert-OH is 1. The molecule has 1 N–H and O–H groups in total. The largest absolute Gasteiger partial charge is 0.457 e. The van der Waals surface area contributed by atoms with E-state index in [0.29, 0.717) is 72.1 Å². The molecule has 0 aromatic heterocycles. The molecule has 14 nitrogen and oxygen atoms in total. The Kier molecular flexibility index (Phi) is 18.0. The zero-order valence-corrected chi connectivity index (χ0v) is 59.8. The first kappa shape index (κ1) is 68.5. The smallest absolute Gasteiger partial charge is 0.262 e. The Bertz CT molecular complexity index is 4880. The summed E-state index contributed by atoms with van der Waals surface area (Å²) in [6, 6.07) is 55.2. The first-order chi connectivity index (χ1) is 47.5. The summed E-state index contributed by atoms with van der Waals surface area (Å²) in [7, 11) is 0. The number of carbonyl (C=O) groups excluding carboxylic acids is 5. The second kappa shape index (κ2) is 26.3. The predicted molar refractivity (Wildman–Crippen MR) is 399 cm³/mol. The van der Waals surface area contributed by atoms with Crippen LogP contribution in [0.1, 0.15) is 148 Å². The van der Waals surface area contributed by atoms with Gasteiger partial charge in [0.1, 0.15) is 59.1 Å². The van der Waals surface area contributed by atoms with Gasteiger partial charge in [-0.15, -0.1) is 23.2 Å². The predicted octanol–water partition coefficient (Wildman–Crippen LogP) is 19.7. The third kappa shape index (κ3) is 12.8. The zero-order chi connectivity index (χ0) is 71.1. The highest BCUT2D eigenvalue weighted by Crippen LogP contribution is 2.59. The van der Waals surface area contributed by atoms with Crippen molar-refractivity contribution in [1.82, 2.24) is 9.80 Å². The van der Waals surface area contributed by atoms with E-state index >= 15 is 14.4 Å². The lowest BCUT2D eigenvalue weighted by atomic mass is 9.80. The number of hydrogen-bond acceptors (Lipinski definition) is 10. The highest BCUT2D eigenvalue weighted by Gasteiger charge is 2.43. The Morgan fingerprint density at radius 1 is 0.390 bits per heavy atom. The van der Waals surface area contributed by atoms with Gasteiger partial charge in [-0.05, 0) is 141 Å². The van der Waals surface area contributed by atoms with Gasteiger partial charge in [0, 0.05) is 84.9 Å². The molecule has 2 heterocycles. The van der Waals surface area contributed by atoms with E-state index in [1.807, 2.05) is 109 Å². The van der Waals surface area contributed by atoms with Crippen molar-refractivity contribution < 1.29 is 48.0 Å². The number of imide groups is 1. The molecule has 2 aliphatic heterocycles. The molecule has 11 aromatic carbocycles. The van der Waals surface area contributed by atoms with Gasteiger partial charge < -0.3 is 33.9 Å². The Hall–Kier alpha value is -9.99. The van der Waals surface area contributed by atoms with Crippen LogP contribution in [0.3, 0.4) is 0 Å². The van der Waals surface area contributed by atoms with E-state index in [9.17, 15) is 14.7 Å². The molecule has 0 aliphatic carbocycles. The molecule has 0 bridgehead atoms. The zero-order valence-electron chi connectivity index (χ0n) is 58.3. The van der Waals surface area contributed by atoms with E-state index in [0.717, 1.165) is 32.1 Å². The Morgan fingerprint density at radius 2 is 0.690 bits per heavy atom. The lowest BCUT2D eigenvalue weighted by Gasteiger charge is -2.36. The SMILES string of the molecule is CC(C)(C)c1ccc(Oc2cc3c4c(cc(Oc5ccc(C(C)(C)C)cc5)c5c6c(Oc7ccc(C(C)(C)C)cc7)cc7c8c(cc(Oc9ccc(C(C)(C)C)cc9)c(c2c45)c86)C(=O)N(CC(=O)N(CCCl)c2ccccc2)C7O)C(=O)N(CC(=O)N(CCCl)c2ccccc2)C3=O)cc1. The molecule has 1 atom stereocenters. The molecular weight excluding hydrogens is 1300 g/mol. The third-order valence-electron chi connectivity index (χ3n) is 19.0. The first-order valence-electron chi connectivity index (χ1n) is 33.7. The van der Waals surface area contributed by atoms with Crippen molar-refractivity contribution in [2.45, 2.75) is 111 Å². The fourth-order valence-electron chi connectivity index (χ4n) is 13.6. The second-order valence-electron chi connectivity index (χ2n) is 29.9. The van der Waals surface area contributed by atoms with Gasteiger partial charge in [0.2, 0.25) is 11.8 Å². The lowest BCUT2D eigenvalue weighted by Crippen LogP contribution is -2.48. The van der Waals surface area contributed by atoms with Gasteiger partial charge in [0.05, 0.1) is 16.7 Å². The minimum Gasteiger partial charge on any atom is -0.457 e. The van der Waals surface area contributed by atoms with E-state index in [4.69, 9.17) is 42.1 Å². The van der Waals surface area contributed by atoms with Crippen molar-refractivity contribution >= 4 is 107 Å². The maximum Gasteiger partial charge on any atom is 0.262 e. The fourth-order valence-corrected chi connectivity index (χ4v) is 13.9. The standard InChI is InChI=1S/C84H80Cl2N4O10/c1-81(2,3)49-23-31-55(32-24-49)97-63-43-59-69-60(78(94)89(77(59)93)47-67(91)87(41-39-85)53-19-15-13-16-20-53)45-65(99-57-35-27-51(28-36-57)83(7,8)9)73-74-66(100-58-37-29-52(30-38-58)84(10,11)12)46-62-70-61(79(95)90(80(62)96)48-68(92)88(42-40-86)54-21-17-14-18-22-54)44-64(72(76(70)74)71(63)75(69)73)98-56-33-25-50(26-34-56)82(4,5)6/h13-38,43-46,77,93H,39-42,47-48H2,1-12H3. The van der Waals surface area contributed by atoms with Crippen molar-refractivity contribution in [1.29, 1.82) is 0 Å². The summed E-state index contributed by atoms with van der Waals surface area (Å²) < 4.78 is 29.2. The quantitative estimate of drug-likeness (QED) is 0.0380. The molecule has 11 aromatic rings. The Labute approximate surface area is 592 Å². The van der Waals surface area contributed by atoms with E-state index in [1.165, 1.54) is 9.80 Å². The molecular formula is C84H80Cl2N4O10. The first-order valence-corrected chi connectivity index (χ1v) is 34.8. The molecule has 0 radical (unpaired) electrons. The number of para-hydroxylation sites is 2. The van der Waals surface area contributed by atoms with Gasteiger partial charge in [-0.2, -0.15) is 0 Å². The summed E-state index contributed by atoms with van der Waals surface area (Å²) in [5.74, 6) is -1.03. The van der Waals surface area contributed by atoms with E-state index in [2.05, 4.69) is 83.1 Å². The summed E-state index contributed by atoms with van der Waals surface area (Å²) in [4.78, 5) is 83.0. The van der Waals surface area contributed by atoms with Gasteiger partial charge in [0.15, 0.2) is 6.23 Å². The van der Waals surface area contributed by atoms with Gasteiger partial charge >= 0.3 is 0 Å². The van der Waals surface area contributed by atoms with E-state index in [1.54, 1.807) is 72.8 Å². The van der Waals surface area contributed by atoms with Crippen LogP contribution in [0.15, 0.2) is 182 Å². The van der Waals surface area contributed by atoms with Crippen LogP contribution in [0.2, 0.25) is 0 Å². The highest BCUT2D eigenvalue weighted by molar-refractivity contribution is 6.43. The van der Waals surface area contributed by atoms with Crippen molar-refractivity contribution in [3.8, 4) is 46.0 Å². The van der Waals surface area contributed by atoms with Crippen LogP contribution in [0, 0.1) is 0 Å². The van der Waals surface area contributed by atoms with Gasteiger partial charge in [-0.25, -0.2) is 0 Å². The number of rotatable bonds is 18. The Balaban J connectivity index is 1.18. The Morgan fingerprint density at radius 3 is 1.01 bits per heavy atom. The number of carbonyl (C=O) groups is 5. The molecule has 5 amide bonds. The molecule has 510 valence electrons. The molecule has 0 spiro atoms. The molecule has 0 saturated heterocycles. The number of hydrogen-bond donors (Lipinski definition) is 1. The number of halogens is 2.